The van der Waals surface area contributed by atoms with Crippen LogP contribution in [0.4, 0.5) is 18.0 Å². The zero-order chi connectivity index (χ0) is 14.3. The number of amides is 1. The van der Waals surface area contributed by atoms with E-state index in [-0.39, 0.29) is 13.2 Å². The van der Waals surface area contributed by atoms with E-state index in [1.165, 1.54) is 7.11 Å². The molecule has 8 heteroatoms. The van der Waals surface area contributed by atoms with E-state index in [2.05, 4.69) is 5.32 Å². The Morgan fingerprint density at radius 2 is 1.95 bits per heavy atom. The molecule has 1 amide bonds. The van der Waals surface area contributed by atoms with E-state index in [0.29, 0.717) is 25.9 Å². The van der Waals surface area contributed by atoms with Crippen molar-refractivity contribution in [3.8, 4) is 0 Å². The van der Waals surface area contributed by atoms with Crippen molar-refractivity contribution >= 4 is 6.09 Å². The number of piperidine rings is 1. The van der Waals surface area contributed by atoms with Gasteiger partial charge in [0.25, 0.3) is 0 Å². The fourth-order valence-electron chi connectivity index (χ4n) is 1.95. The third kappa shape index (κ3) is 6.11. The summed E-state index contributed by atoms with van der Waals surface area (Å²) in [6, 6.07) is -0.432. The van der Waals surface area contributed by atoms with Crippen molar-refractivity contribution in [1.29, 1.82) is 0 Å². The second-order valence-corrected chi connectivity index (χ2v) is 4.33. The molecule has 1 aliphatic heterocycles. The van der Waals surface area contributed by atoms with Crippen molar-refractivity contribution in [1.82, 2.24) is 10.2 Å². The summed E-state index contributed by atoms with van der Waals surface area (Å²) in [6.45, 7) is 0.0463. The molecular formula is C11H19F3N2O3. The minimum atomic E-state index is -4.43. The topological polar surface area (TPSA) is 50.8 Å². The van der Waals surface area contributed by atoms with Crippen molar-refractivity contribution in [2.45, 2.75) is 25.1 Å². The minimum absolute atomic E-state index is 0.0470. The SMILES string of the molecule is COCCOC(=O)N(CC(F)(F)F)C1CCNCC1. The number of nitrogens with one attached hydrogen (secondary N) is 1. The van der Waals surface area contributed by atoms with Crippen molar-refractivity contribution in [3.63, 3.8) is 0 Å². The lowest BCUT2D eigenvalue weighted by molar-refractivity contribution is -0.148. The molecule has 0 aromatic rings. The van der Waals surface area contributed by atoms with Crippen LogP contribution < -0.4 is 5.32 Å². The van der Waals surface area contributed by atoms with Crippen LogP contribution in [0.1, 0.15) is 12.8 Å². The number of carbonyl (C=O) groups is 1. The summed E-state index contributed by atoms with van der Waals surface area (Å²) >= 11 is 0. The number of rotatable bonds is 5. The number of hydrogen-bond acceptors (Lipinski definition) is 4. The van der Waals surface area contributed by atoms with Crippen molar-refractivity contribution in [2.75, 3.05) is 40.0 Å². The first kappa shape index (κ1) is 16.0. The van der Waals surface area contributed by atoms with Gasteiger partial charge in [0.05, 0.1) is 6.61 Å². The average molecular weight is 284 g/mol. The molecule has 0 unspecified atom stereocenters. The van der Waals surface area contributed by atoms with Gasteiger partial charge >= 0.3 is 12.3 Å². The maximum absolute atomic E-state index is 12.5. The number of halogens is 3. The van der Waals surface area contributed by atoms with Gasteiger partial charge in [-0.05, 0) is 25.9 Å². The minimum Gasteiger partial charge on any atom is -0.447 e. The molecule has 0 radical (unpaired) electrons. The van der Waals surface area contributed by atoms with Crippen LogP contribution in [0.2, 0.25) is 0 Å². The highest BCUT2D eigenvalue weighted by atomic mass is 19.4. The molecule has 19 heavy (non-hydrogen) atoms. The van der Waals surface area contributed by atoms with Gasteiger partial charge in [-0.3, -0.25) is 4.90 Å². The number of ether oxygens (including phenoxy) is 2. The largest absolute Gasteiger partial charge is 0.447 e. The molecule has 1 fully saturated rings. The van der Waals surface area contributed by atoms with Crippen LogP contribution in [-0.2, 0) is 9.47 Å². The maximum Gasteiger partial charge on any atom is 0.410 e. The Hall–Kier alpha value is -1.02. The second-order valence-electron chi connectivity index (χ2n) is 4.33. The van der Waals surface area contributed by atoms with Gasteiger partial charge in [-0.1, -0.05) is 0 Å². The number of alkyl halides is 3. The third-order valence-electron chi connectivity index (χ3n) is 2.85. The summed E-state index contributed by atoms with van der Waals surface area (Å²) in [5, 5.41) is 3.04. The summed E-state index contributed by atoms with van der Waals surface area (Å²) in [6.07, 6.45) is -4.36. The van der Waals surface area contributed by atoms with Crippen LogP contribution in [0, 0.1) is 0 Å². The predicted octanol–water partition coefficient (Wildman–Crippen LogP) is 1.39. The highest BCUT2D eigenvalue weighted by Crippen LogP contribution is 2.22. The molecular weight excluding hydrogens is 265 g/mol. The standard InChI is InChI=1S/C11H19F3N2O3/c1-18-6-7-19-10(17)16(8-11(12,13)14)9-2-4-15-5-3-9/h9,15H,2-8H2,1H3. The molecule has 1 N–H and O–H groups in total. The Morgan fingerprint density at radius 3 is 2.47 bits per heavy atom. The normalized spacial score (nSPS) is 17.3. The fourth-order valence-corrected chi connectivity index (χ4v) is 1.95. The third-order valence-corrected chi connectivity index (χ3v) is 2.85. The zero-order valence-corrected chi connectivity index (χ0v) is 10.8. The van der Waals surface area contributed by atoms with Crippen LogP contribution >= 0.6 is 0 Å². The van der Waals surface area contributed by atoms with Crippen LogP contribution in [0.3, 0.4) is 0 Å². The van der Waals surface area contributed by atoms with Gasteiger partial charge < -0.3 is 14.8 Å². The lowest BCUT2D eigenvalue weighted by Gasteiger charge is -2.34. The van der Waals surface area contributed by atoms with E-state index in [9.17, 15) is 18.0 Å². The van der Waals surface area contributed by atoms with Gasteiger partial charge in [-0.25, -0.2) is 4.79 Å². The molecule has 1 aliphatic rings. The first-order valence-electron chi connectivity index (χ1n) is 6.14. The summed E-state index contributed by atoms with van der Waals surface area (Å²) in [7, 11) is 1.42. The molecule has 0 atom stereocenters. The van der Waals surface area contributed by atoms with E-state index in [0.717, 1.165) is 4.90 Å². The molecule has 112 valence electrons. The Balaban J connectivity index is 2.59. The summed E-state index contributed by atoms with van der Waals surface area (Å²) in [5.74, 6) is 0. The lowest BCUT2D eigenvalue weighted by Crippen LogP contribution is -2.50. The molecule has 0 spiro atoms. The first-order valence-corrected chi connectivity index (χ1v) is 6.14. The molecule has 5 nitrogen and oxygen atoms in total. The predicted molar refractivity (Wildman–Crippen MR) is 61.9 cm³/mol. The molecule has 0 aromatic carbocycles. The van der Waals surface area contributed by atoms with Gasteiger partial charge in [0.1, 0.15) is 13.2 Å². The van der Waals surface area contributed by atoms with Crippen LogP contribution in [0.5, 0.6) is 0 Å². The quantitative estimate of drug-likeness (QED) is 0.775. The first-order chi connectivity index (χ1) is 8.94. The van der Waals surface area contributed by atoms with Crippen LogP contribution in [0.25, 0.3) is 0 Å². The molecule has 0 saturated carbocycles. The number of nitrogens with zero attached hydrogens (tertiary/aromatic N) is 1. The van der Waals surface area contributed by atoms with E-state index in [4.69, 9.17) is 9.47 Å². The van der Waals surface area contributed by atoms with E-state index in [1.54, 1.807) is 0 Å². The summed E-state index contributed by atoms with van der Waals surface area (Å²) in [5.41, 5.74) is 0. The smallest absolute Gasteiger partial charge is 0.410 e. The number of carbonyl (C=O) groups excluding carboxylic acids is 1. The molecule has 1 rings (SSSR count). The Labute approximate surface area is 110 Å². The Morgan fingerprint density at radius 1 is 1.32 bits per heavy atom. The van der Waals surface area contributed by atoms with Crippen molar-refractivity contribution < 1.29 is 27.4 Å². The molecule has 0 bridgehead atoms. The molecule has 0 aromatic heterocycles. The van der Waals surface area contributed by atoms with Gasteiger partial charge in [0.2, 0.25) is 0 Å². The monoisotopic (exact) mass is 284 g/mol. The van der Waals surface area contributed by atoms with E-state index < -0.39 is 24.9 Å². The summed E-state index contributed by atoms with van der Waals surface area (Å²) < 4.78 is 47.0. The van der Waals surface area contributed by atoms with Crippen molar-refractivity contribution in [2.24, 2.45) is 0 Å². The van der Waals surface area contributed by atoms with E-state index in [1.807, 2.05) is 0 Å². The highest BCUT2D eigenvalue weighted by molar-refractivity contribution is 5.68. The number of hydrogen-bond donors (Lipinski definition) is 1. The Bertz CT molecular complexity index is 281. The van der Waals surface area contributed by atoms with Gasteiger partial charge in [0, 0.05) is 13.2 Å². The zero-order valence-electron chi connectivity index (χ0n) is 10.8. The fraction of sp³-hybridized carbons (Fsp3) is 0.909. The average Bonchev–Trinajstić information content (AvgIpc) is 2.36. The van der Waals surface area contributed by atoms with Crippen LogP contribution in [-0.4, -0.2) is 63.2 Å². The molecule has 1 heterocycles. The van der Waals surface area contributed by atoms with E-state index >= 15 is 0 Å². The Kier molecular flexibility index (Phi) is 6.36. The molecule has 1 saturated heterocycles. The van der Waals surface area contributed by atoms with Gasteiger partial charge in [0.15, 0.2) is 0 Å². The second kappa shape index (κ2) is 7.54. The number of methoxy groups -OCH3 is 1. The molecule has 0 aliphatic carbocycles. The lowest BCUT2D eigenvalue weighted by atomic mass is 10.1. The van der Waals surface area contributed by atoms with Gasteiger partial charge in [-0.2, -0.15) is 13.2 Å². The van der Waals surface area contributed by atoms with Crippen molar-refractivity contribution in [3.05, 3.63) is 0 Å². The maximum atomic E-state index is 12.5. The van der Waals surface area contributed by atoms with Gasteiger partial charge in [-0.15, -0.1) is 0 Å². The highest BCUT2D eigenvalue weighted by Gasteiger charge is 2.37. The summed E-state index contributed by atoms with van der Waals surface area (Å²) in [4.78, 5) is 12.5. The van der Waals surface area contributed by atoms with Crippen LogP contribution in [0.15, 0.2) is 0 Å².